The first-order chi connectivity index (χ1) is 11.2. The first-order valence-corrected chi connectivity index (χ1v) is 8.18. The van der Waals surface area contributed by atoms with Gasteiger partial charge in [-0.2, -0.15) is 0 Å². The maximum absolute atomic E-state index is 12.4. The van der Waals surface area contributed by atoms with E-state index >= 15 is 0 Å². The van der Waals surface area contributed by atoms with Gasteiger partial charge in [-0.05, 0) is 44.0 Å². The van der Waals surface area contributed by atoms with Crippen molar-refractivity contribution in [1.82, 2.24) is 19.9 Å². The fourth-order valence-corrected chi connectivity index (χ4v) is 2.87. The highest BCUT2D eigenvalue weighted by Crippen LogP contribution is 2.39. The van der Waals surface area contributed by atoms with Gasteiger partial charge >= 0.3 is 0 Å². The number of hydrogen-bond donors (Lipinski definition) is 0. The first-order valence-electron chi connectivity index (χ1n) is 8.18. The number of ether oxygens (including phenoxy) is 1. The van der Waals surface area contributed by atoms with Crippen LogP contribution in [0.1, 0.15) is 47.8 Å². The molecule has 120 valence electrons. The molecule has 6 heteroatoms. The van der Waals surface area contributed by atoms with Gasteiger partial charge in [0.15, 0.2) is 0 Å². The average Bonchev–Trinajstić information content (AvgIpc) is 3.26. The second-order valence-electron chi connectivity index (χ2n) is 6.22. The van der Waals surface area contributed by atoms with E-state index in [0.29, 0.717) is 31.2 Å². The van der Waals surface area contributed by atoms with Gasteiger partial charge in [-0.1, -0.05) is 5.21 Å². The van der Waals surface area contributed by atoms with Crippen LogP contribution in [0.4, 0.5) is 0 Å². The number of amides is 1. The summed E-state index contributed by atoms with van der Waals surface area (Å²) >= 11 is 0. The highest BCUT2D eigenvalue weighted by molar-refractivity contribution is 5.94. The van der Waals surface area contributed by atoms with Crippen molar-refractivity contribution in [2.75, 3.05) is 19.7 Å². The highest BCUT2D eigenvalue weighted by atomic mass is 16.5. The normalized spacial score (nSPS) is 17.9. The summed E-state index contributed by atoms with van der Waals surface area (Å²) in [6.45, 7) is 3.96. The minimum atomic E-state index is 0.0619. The maximum Gasteiger partial charge on any atom is 0.254 e. The fourth-order valence-electron chi connectivity index (χ4n) is 2.87. The molecular weight excluding hydrogens is 292 g/mol. The Labute approximate surface area is 135 Å². The average molecular weight is 312 g/mol. The summed E-state index contributed by atoms with van der Waals surface area (Å²) in [7, 11) is 0. The molecule has 0 unspecified atom stereocenters. The number of benzene rings is 1. The molecule has 0 radical (unpaired) electrons. The van der Waals surface area contributed by atoms with E-state index in [2.05, 4.69) is 10.3 Å². The number of hydrogen-bond acceptors (Lipinski definition) is 4. The van der Waals surface area contributed by atoms with Gasteiger partial charge in [-0.25, -0.2) is 4.68 Å². The summed E-state index contributed by atoms with van der Waals surface area (Å²) in [6, 6.07) is 7.57. The number of carbonyl (C=O) groups excluding carboxylic acids is 1. The summed E-state index contributed by atoms with van der Waals surface area (Å²) in [4.78, 5) is 14.3. The molecule has 2 aromatic rings. The maximum atomic E-state index is 12.4. The summed E-state index contributed by atoms with van der Waals surface area (Å²) in [5, 5.41) is 8.44. The van der Waals surface area contributed by atoms with Crippen LogP contribution in [0.15, 0.2) is 30.5 Å². The van der Waals surface area contributed by atoms with E-state index in [0.717, 1.165) is 11.4 Å². The predicted octanol–water partition coefficient (Wildman–Crippen LogP) is 2.25. The Balaban J connectivity index is 1.35. The molecule has 1 saturated heterocycles. The number of rotatable bonds is 5. The van der Waals surface area contributed by atoms with Crippen molar-refractivity contribution < 1.29 is 9.53 Å². The molecule has 0 spiro atoms. The first kappa shape index (κ1) is 14.2. The van der Waals surface area contributed by atoms with E-state index in [-0.39, 0.29) is 11.9 Å². The third-order valence-electron chi connectivity index (χ3n) is 4.46. The van der Waals surface area contributed by atoms with Crippen LogP contribution in [0.2, 0.25) is 0 Å². The van der Waals surface area contributed by atoms with E-state index in [9.17, 15) is 4.79 Å². The van der Waals surface area contributed by atoms with Crippen LogP contribution in [0.3, 0.4) is 0 Å². The Hall–Kier alpha value is -2.37. The van der Waals surface area contributed by atoms with Gasteiger partial charge in [0.05, 0.1) is 18.3 Å². The molecule has 2 aliphatic rings. The minimum Gasteiger partial charge on any atom is -0.494 e. The lowest BCUT2D eigenvalue weighted by atomic mass is 10.1. The molecule has 1 amide bonds. The summed E-state index contributed by atoms with van der Waals surface area (Å²) in [5.41, 5.74) is 1.80. The molecular formula is C17H20N4O2. The van der Waals surface area contributed by atoms with Crippen molar-refractivity contribution >= 4 is 5.91 Å². The zero-order chi connectivity index (χ0) is 15.8. The molecule has 1 aromatic heterocycles. The van der Waals surface area contributed by atoms with Gasteiger partial charge < -0.3 is 9.64 Å². The molecule has 1 aliphatic heterocycles. The van der Waals surface area contributed by atoms with Crippen molar-refractivity contribution in [2.24, 2.45) is 0 Å². The number of nitrogens with zero attached hydrogens (tertiary/aromatic N) is 4. The summed E-state index contributed by atoms with van der Waals surface area (Å²) in [5.74, 6) is 1.47. The third-order valence-corrected chi connectivity index (χ3v) is 4.46. The monoisotopic (exact) mass is 312 g/mol. The van der Waals surface area contributed by atoms with E-state index in [1.807, 2.05) is 47.0 Å². The van der Waals surface area contributed by atoms with Crippen LogP contribution in [-0.4, -0.2) is 45.5 Å². The molecule has 0 N–H and O–H groups in total. The van der Waals surface area contributed by atoms with E-state index in [1.165, 1.54) is 12.8 Å². The topological polar surface area (TPSA) is 60.2 Å². The quantitative estimate of drug-likeness (QED) is 0.849. The summed E-state index contributed by atoms with van der Waals surface area (Å²) in [6.07, 6.45) is 4.50. The molecule has 0 bridgehead atoms. The van der Waals surface area contributed by atoms with Crippen LogP contribution >= 0.6 is 0 Å². The zero-order valence-electron chi connectivity index (χ0n) is 13.2. The Morgan fingerprint density at radius 3 is 2.65 bits per heavy atom. The van der Waals surface area contributed by atoms with Crippen LogP contribution in [0.25, 0.3) is 0 Å². The molecule has 6 nitrogen and oxygen atoms in total. The second kappa shape index (κ2) is 5.68. The Morgan fingerprint density at radius 2 is 2.00 bits per heavy atom. The molecule has 2 fully saturated rings. The van der Waals surface area contributed by atoms with Crippen molar-refractivity contribution in [1.29, 1.82) is 0 Å². The SMILES string of the molecule is CCOc1ccc(C(=O)N2CC(n3cc(C4CC4)nn3)C2)cc1. The Kier molecular flexibility index (Phi) is 3.52. The van der Waals surface area contributed by atoms with Crippen molar-refractivity contribution in [3.05, 3.63) is 41.7 Å². The number of carbonyl (C=O) groups is 1. The standard InChI is InChI=1S/C17H20N4O2/c1-2-23-15-7-5-13(6-8-15)17(22)20-9-14(10-20)21-11-16(18-19-21)12-3-4-12/h5-8,11-12,14H,2-4,9-10H2,1H3. The van der Waals surface area contributed by atoms with Gasteiger partial charge in [0.25, 0.3) is 5.91 Å². The zero-order valence-corrected chi connectivity index (χ0v) is 13.2. The van der Waals surface area contributed by atoms with Crippen molar-refractivity contribution in [3.8, 4) is 5.75 Å². The van der Waals surface area contributed by atoms with Gasteiger partial charge in [0, 0.05) is 30.8 Å². The number of likely N-dealkylation sites (tertiary alicyclic amines) is 1. The van der Waals surface area contributed by atoms with E-state index in [1.54, 1.807) is 0 Å². The molecule has 1 saturated carbocycles. The van der Waals surface area contributed by atoms with Crippen LogP contribution in [0, 0.1) is 0 Å². The smallest absolute Gasteiger partial charge is 0.254 e. The highest BCUT2D eigenvalue weighted by Gasteiger charge is 2.34. The largest absolute Gasteiger partial charge is 0.494 e. The number of aromatic nitrogens is 3. The van der Waals surface area contributed by atoms with E-state index in [4.69, 9.17) is 4.74 Å². The lowest BCUT2D eigenvalue weighted by Gasteiger charge is -2.38. The molecule has 23 heavy (non-hydrogen) atoms. The lowest BCUT2D eigenvalue weighted by molar-refractivity contribution is 0.0498. The molecule has 0 atom stereocenters. The van der Waals surface area contributed by atoms with Crippen LogP contribution in [-0.2, 0) is 0 Å². The van der Waals surface area contributed by atoms with Gasteiger partial charge in [0.1, 0.15) is 5.75 Å². The van der Waals surface area contributed by atoms with Gasteiger partial charge in [0.2, 0.25) is 0 Å². The Bertz CT molecular complexity index is 700. The molecule has 2 heterocycles. The van der Waals surface area contributed by atoms with Crippen LogP contribution in [0.5, 0.6) is 5.75 Å². The molecule has 1 aliphatic carbocycles. The lowest BCUT2D eigenvalue weighted by Crippen LogP contribution is -2.50. The summed E-state index contributed by atoms with van der Waals surface area (Å²) < 4.78 is 7.31. The van der Waals surface area contributed by atoms with Gasteiger partial charge in [-0.15, -0.1) is 5.10 Å². The fraction of sp³-hybridized carbons (Fsp3) is 0.471. The second-order valence-corrected chi connectivity index (χ2v) is 6.22. The Morgan fingerprint density at radius 1 is 1.26 bits per heavy atom. The van der Waals surface area contributed by atoms with Crippen molar-refractivity contribution in [2.45, 2.75) is 31.7 Å². The van der Waals surface area contributed by atoms with E-state index < -0.39 is 0 Å². The van der Waals surface area contributed by atoms with Gasteiger partial charge in [-0.3, -0.25) is 4.79 Å². The minimum absolute atomic E-state index is 0.0619. The van der Waals surface area contributed by atoms with Crippen molar-refractivity contribution in [3.63, 3.8) is 0 Å². The molecule has 1 aromatic carbocycles. The third kappa shape index (κ3) is 2.81. The predicted molar refractivity (Wildman–Crippen MR) is 84.5 cm³/mol. The molecule has 4 rings (SSSR count). The van der Waals surface area contributed by atoms with Crippen LogP contribution < -0.4 is 4.74 Å².